The van der Waals surface area contributed by atoms with Crippen LogP contribution in [0.15, 0.2) is 30.6 Å². The number of esters is 1. The molecule has 4 aromatic rings. The summed E-state index contributed by atoms with van der Waals surface area (Å²) >= 11 is 0. The van der Waals surface area contributed by atoms with Crippen LogP contribution in [0.5, 0.6) is 0 Å². The average molecular weight is 441 g/mol. The fraction of sp³-hybridized carbons (Fsp3) is 0.250. The van der Waals surface area contributed by atoms with Crippen LogP contribution in [-0.4, -0.2) is 37.3 Å². The molecule has 0 atom stereocenters. The number of hydrogen-bond donors (Lipinski definition) is 1. The lowest BCUT2D eigenvalue weighted by molar-refractivity contribution is 0.0526. The summed E-state index contributed by atoms with van der Waals surface area (Å²) in [6.07, 6.45) is 2.85. The van der Waals surface area contributed by atoms with Crippen molar-refractivity contribution >= 4 is 28.5 Å². The molecule has 1 aromatic carbocycles. The Kier molecular flexibility index (Phi) is 5.75. The molecule has 0 bridgehead atoms. The van der Waals surface area contributed by atoms with Crippen LogP contribution < -0.4 is 5.32 Å². The van der Waals surface area contributed by atoms with Crippen molar-refractivity contribution in [3.05, 3.63) is 64.2 Å². The number of fused-ring (bicyclic) bond motifs is 1. The maximum atomic E-state index is 12.4. The normalized spacial score (nSPS) is 10.8. The van der Waals surface area contributed by atoms with E-state index in [-0.39, 0.29) is 23.6 Å². The second-order valence-electron chi connectivity index (χ2n) is 7.73. The Morgan fingerprint density at radius 3 is 2.64 bits per heavy atom. The molecule has 0 saturated carbocycles. The number of ether oxygens (including phenoxy) is 1. The first kappa shape index (κ1) is 21.9. The van der Waals surface area contributed by atoms with Gasteiger partial charge >= 0.3 is 5.97 Å². The van der Waals surface area contributed by atoms with E-state index >= 15 is 0 Å². The molecule has 9 heteroatoms. The first-order valence-electron chi connectivity index (χ1n) is 10.5. The van der Waals surface area contributed by atoms with Crippen molar-refractivity contribution in [2.24, 2.45) is 0 Å². The minimum Gasteiger partial charge on any atom is -0.462 e. The molecule has 33 heavy (non-hydrogen) atoms. The van der Waals surface area contributed by atoms with Crippen molar-refractivity contribution in [3.63, 3.8) is 0 Å². The monoisotopic (exact) mass is 441 g/mol. The molecule has 4 rings (SSSR count). The first-order chi connectivity index (χ1) is 15.8. The third-order valence-corrected chi connectivity index (χ3v) is 5.19. The number of nitriles is 1. The van der Waals surface area contributed by atoms with Gasteiger partial charge in [0.05, 0.1) is 18.3 Å². The lowest BCUT2D eigenvalue weighted by Gasteiger charge is -2.14. The summed E-state index contributed by atoms with van der Waals surface area (Å²) in [6.45, 7) is 9.73. The molecule has 0 aliphatic rings. The SMILES string of the molecule is CCOC(=O)c1cnc(C)nc1Nc1c(C#N)cnn1-c1cc(C)c2cc(C)cc(C)c2n1. The molecular formula is C24H23N7O2. The fourth-order valence-corrected chi connectivity index (χ4v) is 3.70. The van der Waals surface area contributed by atoms with E-state index in [1.165, 1.54) is 17.1 Å². The fourth-order valence-electron chi connectivity index (χ4n) is 3.70. The van der Waals surface area contributed by atoms with E-state index in [9.17, 15) is 10.1 Å². The van der Waals surface area contributed by atoms with Crippen LogP contribution >= 0.6 is 0 Å². The van der Waals surface area contributed by atoms with Gasteiger partial charge in [0.15, 0.2) is 11.6 Å². The van der Waals surface area contributed by atoms with Crippen molar-refractivity contribution in [2.45, 2.75) is 34.6 Å². The molecular weight excluding hydrogens is 418 g/mol. The number of rotatable bonds is 5. The summed E-state index contributed by atoms with van der Waals surface area (Å²) in [6, 6.07) is 8.23. The van der Waals surface area contributed by atoms with Gasteiger partial charge in [-0.25, -0.2) is 19.7 Å². The van der Waals surface area contributed by atoms with E-state index in [2.05, 4.69) is 45.5 Å². The minimum absolute atomic E-state index is 0.160. The number of pyridine rings is 1. The molecule has 3 heterocycles. The minimum atomic E-state index is -0.560. The summed E-state index contributed by atoms with van der Waals surface area (Å²) in [5.74, 6) is 1.01. The Hall–Kier alpha value is -4.32. The molecule has 0 aliphatic heterocycles. The van der Waals surface area contributed by atoms with Crippen LogP contribution in [0.1, 0.15) is 45.4 Å². The predicted octanol–water partition coefficient (Wildman–Crippen LogP) is 4.24. The van der Waals surface area contributed by atoms with Crippen LogP contribution in [0, 0.1) is 39.0 Å². The zero-order chi connectivity index (χ0) is 23.7. The number of aromatic nitrogens is 5. The summed E-state index contributed by atoms with van der Waals surface area (Å²) in [4.78, 5) is 25.7. The standard InChI is InChI=1S/C24H23N7O2/c1-6-33-24(32)19-12-26-16(5)28-22(19)30-23-17(10-25)11-27-31(23)20-9-14(3)18-8-13(2)7-15(4)21(18)29-20/h7-9,11-12H,6H2,1-5H3,(H,26,28,30). The number of nitrogens with one attached hydrogen (secondary N) is 1. The maximum absolute atomic E-state index is 12.4. The lowest BCUT2D eigenvalue weighted by atomic mass is 10.0. The van der Waals surface area contributed by atoms with Crippen molar-refractivity contribution in [1.82, 2.24) is 24.7 Å². The second-order valence-corrected chi connectivity index (χ2v) is 7.73. The van der Waals surface area contributed by atoms with E-state index in [0.717, 1.165) is 27.6 Å². The van der Waals surface area contributed by atoms with E-state index in [0.29, 0.717) is 17.5 Å². The third-order valence-electron chi connectivity index (χ3n) is 5.19. The van der Waals surface area contributed by atoms with Gasteiger partial charge in [0.25, 0.3) is 0 Å². The Morgan fingerprint density at radius 1 is 1.12 bits per heavy atom. The Labute approximate surface area is 191 Å². The van der Waals surface area contributed by atoms with Gasteiger partial charge in [0, 0.05) is 11.6 Å². The van der Waals surface area contributed by atoms with Gasteiger partial charge < -0.3 is 10.1 Å². The summed E-state index contributed by atoms with van der Waals surface area (Å²) < 4.78 is 6.67. The number of anilines is 2. The molecule has 9 nitrogen and oxygen atoms in total. The van der Waals surface area contributed by atoms with Crippen molar-refractivity contribution in [1.29, 1.82) is 5.26 Å². The van der Waals surface area contributed by atoms with Gasteiger partial charge in [-0.15, -0.1) is 0 Å². The average Bonchev–Trinajstić information content (AvgIpc) is 3.17. The van der Waals surface area contributed by atoms with Gasteiger partial charge in [0.1, 0.15) is 28.8 Å². The van der Waals surface area contributed by atoms with Crippen molar-refractivity contribution < 1.29 is 9.53 Å². The van der Waals surface area contributed by atoms with E-state index in [1.54, 1.807) is 13.8 Å². The summed E-state index contributed by atoms with van der Waals surface area (Å²) in [5.41, 5.74) is 4.55. The topological polar surface area (TPSA) is 119 Å². The second kappa shape index (κ2) is 8.67. The van der Waals surface area contributed by atoms with Crippen molar-refractivity contribution in [2.75, 3.05) is 11.9 Å². The number of benzene rings is 1. The zero-order valence-electron chi connectivity index (χ0n) is 19.1. The van der Waals surface area contributed by atoms with Crippen molar-refractivity contribution in [3.8, 4) is 11.9 Å². The quantitative estimate of drug-likeness (QED) is 0.457. The number of nitrogens with zero attached hydrogens (tertiary/aromatic N) is 6. The molecule has 0 aliphatic carbocycles. The molecule has 1 N–H and O–H groups in total. The highest BCUT2D eigenvalue weighted by molar-refractivity contribution is 5.95. The molecule has 0 unspecified atom stereocenters. The molecule has 0 amide bonds. The van der Waals surface area contributed by atoms with Gasteiger partial charge in [-0.3, -0.25) is 0 Å². The van der Waals surface area contributed by atoms with E-state index in [1.807, 2.05) is 19.9 Å². The van der Waals surface area contributed by atoms with Gasteiger partial charge in [-0.1, -0.05) is 11.6 Å². The molecule has 0 saturated heterocycles. The molecule has 166 valence electrons. The van der Waals surface area contributed by atoms with Gasteiger partial charge in [-0.05, 0) is 57.9 Å². The number of aryl methyl sites for hydroxylation is 4. The van der Waals surface area contributed by atoms with Crippen LogP contribution in [-0.2, 0) is 4.74 Å². The highest BCUT2D eigenvalue weighted by Gasteiger charge is 2.21. The van der Waals surface area contributed by atoms with E-state index in [4.69, 9.17) is 9.72 Å². The molecule has 0 spiro atoms. The first-order valence-corrected chi connectivity index (χ1v) is 10.5. The van der Waals surface area contributed by atoms with Gasteiger partial charge in [-0.2, -0.15) is 15.0 Å². The Morgan fingerprint density at radius 2 is 1.91 bits per heavy atom. The smallest absolute Gasteiger partial charge is 0.343 e. The predicted molar refractivity (Wildman–Crippen MR) is 124 cm³/mol. The third kappa shape index (κ3) is 4.11. The van der Waals surface area contributed by atoms with Crippen LogP contribution in [0.25, 0.3) is 16.7 Å². The summed E-state index contributed by atoms with van der Waals surface area (Å²) in [7, 11) is 0. The Balaban J connectivity index is 1.87. The number of carbonyl (C=O) groups is 1. The van der Waals surface area contributed by atoms with Gasteiger partial charge in [0.2, 0.25) is 0 Å². The Bertz CT molecular complexity index is 1430. The number of carbonyl (C=O) groups excluding carboxylic acids is 1. The highest BCUT2D eigenvalue weighted by atomic mass is 16.5. The van der Waals surface area contributed by atoms with Crippen LogP contribution in [0.4, 0.5) is 11.6 Å². The van der Waals surface area contributed by atoms with Crippen LogP contribution in [0.3, 0.4) is 0 Å². The summed E-state index contributed by atoms with van der Waals surface area (Å²) in [5, 5.41) is 18.2. The highest BCUT2D eigenvalue weighted by Crippen LogP contribution is 2.28. The molecule has 0 fully saturated rings. The maximum Gasteiger partial charge on any atom is 0.343 e. The zero-order valence-corrected chi connectivity index (χ0v) is 19.1. The molecule has 0 radical (unpaired) electrons. The largest absolute Gasteiger partial charge is 0.462 e. The lowest BCUT2D eigenvalue weighted by Crippen LogP contribution is -2.13. The number of hydrogen-bond acceptors (Lipinski definition) is 8. The van der Waals surface area contributed by atoms with Crippen LogP contribution in [0.2, 0.25) is 0 Å². The molecule has 3 aromatic heterocycles. The van der Waals surface area contributed by atoms with E-state index < -0.39 is 5.97 Å².